The van der Waals surface area contributed by atoms with Crippen LogP contribution in [0.25, 0.3) is 11.4 Å². The second-order valence-corrected chi connectivity index (χ2v) is 6.98. The van der Waals surface area contributed by atoms with Crippen LogP contribution in [0.4, 0.5) is 5.69 Å². The van der Waals surface area contributed by atoms with Gasteiger partial charge in [-0.15, -0.1) is 0 Å². The minimum absolute atomic E-state index is 0.00604. The summed E-state index contributed by atoms with van der Waals surface area (Å²) in [6.07, 6.45) is 3.27. The second kappa shape index (κ2) is 8.76. The van der Waals surface area contributed by atoms with Gasteiger partial charge in [-0.3, -0.25) is 4.79 Å². The summed E-state index contributed by atoms with van der Waals surface area (Å²) in [7, 11) is 0. The lowest BCUT2D eigenvalue weighted by Crippen LogP contribution is -2.12. The van der Waals surface area contributed by atoms with Crippen molar-refractivity contribution in [2.75, 3.05) is 5.32 Å². The molecule has 3 rings (SSSR count). The van der Waals surface area contributed by atoms with E-state index < -0.39 is 0 Å². The maximum absolute atomic E-state index is 12.3. The van der Waals surface area contributed by atoms with E-state index in [-0.39, 0.29) is 5.91 Å². The molecule has 0 saturated carbocycles. The minimum Gasteiger partial charge on any atom is -0.339 e. The lowest BCUT2D eigenvalue weighted by Gasteiger charge is -2.08. The van der Waals surface area contributed by atoms with E-state index in [4.69, 9.17) is 4.52 Å². The quantitative estimate of drug-likeness (QED) is 0.543. The van der Waals surface area contributed by atoms with E-state index in [0.29, 0.717) is 23.8 Å². The minimum atomic E-state index is -0.00604. The van der Waals surface area contributed by atoms with Crippen molar-refractivity contribution in [2.45, 2.75) is 32.6 Å². The number of nitrogens with one attached hydrogen (secondary N) is 1. The van der Waals surface area contributed by atoms with E-state index in [2.05, 4.69) is 43.5 Å². The predicted octanol–water partition coefficient (Wildman–Crippen LogP) is 5.16. The molecule has 0 radical (unpaired) electrons. The van der Waals surface area contributed by atoms with E-state index in [9.17, 15) is 4.79 Å². The summed E-state index contributed by atoms with van der Waals surface area (Å²) < 4.78 is 6.11. The molecule has 3 aromatic rings. The summed E-state index contributed by atoms with van der Waals surface area (Å²) in [5, 5.41) is 6.89. The molecule has 5 nitrogen and oxygen atoms in total. The van der Waals surface area contributed by atoms with E-state index in [1.807, 2.05) is 36.4 Å². The first kappa shape index (κ1) is 18.3. The molecule has 0 unspecified atom stereocenters. The SMILES string of the molecule is Cc1nc(-c2ccccc2NC(=O)CCCCc2ccc(Br)cc2)no1. The second-order valence-electron chi connectivity index (χ2n) is 6.06. The number of benzene rings is 2. The third-order valence-electron chi connectivity index (χ3n) is 4.00. The fourth-order valence-corrected chi connectivity index (χ4v) is 2.94. The molecule has 2 aromatic carbocycles. The van der Waals surface area contributed by atoms with E-state index >= 15 is 0 Å². The molecule has 0 fully saturated rings. The first-order valence-corrected chi connectivity index (χ1v) is 9.35. The Bertz CT molecular complexity index is 875. The van der Waals surface area contributed by atoms with Crippen molar-refractivity contribution in [1.29, 1.82) is 0 Å². The molecular weight excluding hydrogens is 394 g/mol. The van der Waals surface area contributed by atoms with Gasteiger partial charge in [0.05, 0.1) is 5.69 Å². The molecule has 0 aliphatic heterocycles. The Morgan fingerprint density at radius 1 is 1.12 bits per heavy atom. The van der Waals surface area contributed by atoms with Crippen molar-refractivity contribution in [3.05, 3.63) is 64.5 Å². The third-order valence-corrected chi connectivity index (χ3v) is 4.53. The maximum atomic E-state index is 12.3. The van der Waals surface area contributed by atoms with Gasteiger partial charge in [-0.25, -0.2) is 0 Å². The monoisotopic (exact) mass is 413 g/mol. The van der Waals surface area contributed by atoms with Crippen molar-refractivity contribution < 1.29 is 9.32 Å². The van der Waals surface area contributed by atoms with Crippen LogP contribution in [0.2, 0.25) is 0 Å². The van der Waals surface area contributed by atoms with Gasteiger partial charge in [0.1, 0.15) is 0 Å². The highest BCUT2D eigenvalue weighted by Crippen LogP contribution is 2.25. The standard InChI is InChI=1S/C20H20BrN3O2/c1-14-22-20(24-26-14)17-7-3-4-8-18(17)23-19(25)9-5-2-6-15-10-12-16(21)13-11-15/h3-4,7-8,10-13H,2,5-6,9H2,1H3,(H,23,25). The molecule has 0 atom stereocenters. The summed E-state index contributed by atoms with van der Waals surface area (Å²) in [5.74, 6) is 0.969. The number of aromatic nitrogens is 2. The van der Waals surface area contributed by atoms with Crippen molar-refractivity contribution >= 4 is 27.5 Å². The van der Waals surface area contributed by atoms with Crippen LogP contribution in [0, 0.1) is 6.92 Å². The number of halogens is 1. The van der Waals surface area contributed by atoms with Gasteiger partial charge in [0, 0.05) is 23.4 Å². The first-order chi connectivity index (χ1) is 12.6. The van der Waals surface area contributed by atoms with Gasteiger partial charge >= 0.3 is 0 Å². The van der Waals surface area contributed by atoms with Crippen molar-refractivity contribution in [1.82, 2.24) is 10.1 Å². The molecule has 1 amide bonds. The first-order valence-electron chi connectivity index (χ1n) is 8.56. The summed E-state index contributed by atoms with van der Waals surface area (Å²) in [6, 6.07) is 15.8. The summed E-state index contributed by atoms with van der Waals surface area (Å²) in [6.45, 7) is 1.74. The topological polar surface area (TPSA) is 68.0 Å². The number of anilines is 1. The van der Waals surface area contributed by atoms with Gasteiger partial charge in [0.15, 0.2) is 0 Å². The number of carbonyl (C=O) groups excluding carboxylic acids is 1. The van der Waals surface area contributed by atoms with E-state index in [0.717, 1.165) is 29.3 Å². The van der Waals surface area contributed by atoms with Crippen LogP contribution in [0.1, 0.15) is 30.7 Å². The highest BCUT2D eigenvalue weighted by atomic mass is 79.9. The molecule has 1 N–H and O–H groups in total. The number of hydrogen-bond acceptors (Lipinski definition) is 4. The Kier molecular flexibility index (Phi) is 6.17. The normalized spacial score (nSPS) is 10.7. The van der Waals surface area contributed by atoms with Crippen LogP contribution in [0.3, 0.4) is 0 Å². The number of aryl methyl sites for hydroxylation is 2. The number of nitrogens with zero attached hydrogens (tertiary/aromatic N) is 2. The van der Waals surface area contributed by atoms with Gasteiger partial charge in [-0.05, 0) is 49.1 Å². The lowest BCUT2D eigenvalue weighted by atomic mass is 10.1. The number of carbonyl (C=O) groups is 1. The third kappa shape index (κ3) is 5.02. The molecule has 1 heterocycles. The van der Waals surface area contributed by atoms with Gasteiger partial charge in [0.2, 0.25) is 17.6 Å². The molecule has 134 valence electrons. The number of unbranched alkanes of at least 4 members (excludes halogenated alkanes) is 1. The van der Waals surface area contributed by atoms with Crippen LogP contribution < -0.4 is 5.32 Å². The lowest BCUT2D eigenvalue weighted by molar-refractivity contribution is -0.116. The van der Waals surface area contributed by atoms with Crippen molar-refractivity contribution in [2.24, 2.45) is 0 Å². The van der Waals surface area contributed by atoms with E-state index in [1.54, 1.807) is 6.92 Å². The zero-order valence-corrected chi connectivity index (χ0v) is 16.1. The van der Waals surface area contributed by atoms with Crippen molar-refractivity contribution in [3.63, 3.8) is 0 Å². The molecule has 0 spiro atoms. The van der Waals surface area contributed by atoms with E-state index in [1.165, 1.54) is 5.56 Å². The molecule has 6 heteroatoms. The highest BCUT2D eigenvalue weighted by Gasteiger charge is 2.12. The van der Waals surface area contributed by atoms with Gasteiger partial charge in [-0.2, -0.15) is 4.98 Å². The number of para-hydroxylation sites is 1. The van der Waals surface area contributed by atoms with Crippen molar-refractivity contribution in [3.8, 4) is 11.4 Å². The fourth-order valence-electron chi connectivity index (χ4n) is 2.67. The Balaban J connectivity index is 1.51. The average molecular weight is 414 g/mol. The Hall–Kier alpha value is -2.47. The number of rotatable bonds is 7. The molecule has 0 aliphatic carbocycles. The number of hydrogen-bond donors (Lipinski definition) is 1. The van der Waals surface area contributed by atoms with Gasteiger partial charge in [-0.1, -0.05) is 45.4 Å². The van der Waals surface area contributed by atoms with Gasteiger partial charge < -0.3 is 9.84 Å². The summed E-state index contributed by atoms with van der Waals surface area (Å²) in [5.41, 5.74) is 2.74. The number of amides is 1. The van der Waals surface area contributed by atoms with Crippen LogP contribution in [-0.4, -0.2) is 16.0 Å². The zero-order chi connectivity index (χ0) is 18.4. The van der Waals surface area contributed by atoms with Gasteiger partial charge in [0.25, 0.3) is 0 Å². The molecule has 1 aromatic heterocycles. The maximum Gasteiger partial charge on any atom is 0.224 e. The Morgan fingerprint density at radius 3 is 2.62 bits per heavy atom. The Morgan fingerprint density at radius 2 is 1.88 bits per heavy atom. The zero-order valence-electron chi connectivity index (χ0n) is 14.5. The highest BCUT2D eigenvalue weighted by molar-refractivity contribution is 9.10. The van der Waals surface area contributed by atoms with Crippen LogP contribution >= 0.6 is 15.9 Å². The molecule has 26 heavy (non-hydrogen) atoms. The predicted molar refractivity (Wildman–Crippen MR) is 105 cm³/mol. The molecule has 0 aliphatic rings. The summed E-state index contributed by atoms with van der Waals surface area (Å²) >= 11 is 3.43. The van der Waals surface area contributed by atoms with Crippen LogP contribution in [0.5, 0.6) is 0 Å². The smallest absolute Gasteiger partial charge is 0.224 e. The molecule has 0 bridgehead atoms. The fraction of sp³-hybridized carbons (Fsp3) is 0.250. The average Bonchev–Trinajstić information content (AvgIpc) is 3.07. The molecular formula is C20H20BrN3O2. The largest absolute Gasteiger partial charge is 0.339 e. The van der Waals surface area contributed by atoms with Crippen LogP contribution in [0.15, 0.2) is 57.5 Å². The molecule has 0 saturated heterocycles. The Labute approximate surface area is 160 Å². The summed E-state index contributed by atoms with van der Waals surface area (Å²) in [4.78, 5) is 16.5. The van der Waals surface area contributed by atoms with Crippen LogP contribution in [-0.2, 0) is 11.2 Å².